The van der Waals surface area contributed by atoms with E-state index < -0.39 is 9.84 Å². The third kappa shape index (κ3) is 4.27. The monoisotopic (exact) mass is 388 g/mol. The number of carbonyl (C=O) groups is 1. The zero-order valence-electron chi connectivity index (χ0n) is 15.8. The molecular weight excluding hydrogens is 364 g/mol. The molecule has 8 heteroatoms. The Balaban J connectivity index is 1.77. The summed E-state index contributed by atoms with van der Waals surface area (Å²) in [5.74, 6) is 0.486. The van der Waals surface area contributed by atoms with Gasteiger partial charge in [-0.1, -0.05) is 12.1 Å². The molecule has 1 fully saturated rings. The van der Waals surface area contributed by atoms with Gasteiger partial charge in [-0.25, -0.2) is 18.4 Å². The molecule has 1 saturated heterocycles. The summed E-state index contributed by atoms with van der Waals surface area (Å²) in [5.41, 5.74) is 2.38. The smallest absolute Gasteiger partial charge is 0.274 e. The van der Waals surface area contributed by atoms with Crippen LogP contribution >= 0.6 is 0 Å². The van der Waals surface area contributed by atoms with Gasteiger partial charge in [-0.05, 0) is 38.0 Å². The van der Waals surface area contributed by atoms with Crippen LogP contribution in [0.25, 0.3) is 0 Å². The molecule has 3 rings (SSSR count). The minimum Gasteiger partial charge on any atom is -0.336 e. The first-order valence-electron chi connectivity index (χ1n) is 8.94. The quantitative estimate of drug-likeness (QED) is 0.781. The largest absolute Gasteiger partial charge is 0.336 e. The van der Waals surface area contributed by atoms with Crippen molar-refractivity contribution in [2.45, 2.75) is 26.3 Å². The lowest BCUT2D eigenvalue weighted by molar-refractivity contribution is 0.0741. The predicted octanol–water partition coefficient (Wildman–Crippen LogP) is 2.20. The number of hydrogen-bond acceptors (Lipinski definition) is 6. The van der Waals surface area contributed by atoms with Crippen LogP contribution in [0.2, 0.25) is 0 Å². The van der Waals surface area contributed by atoms with E-state index in [0.29, 0.717) is 18.8 Å². The molecule has 144 valence electrons. The Bertz CT molecular complexity index is 928. The lowest BCUT2D eigenvalue weighted by Gasteiger charge is -2.24. The molecule has 2 heterocycles. The highest BCUT2D eigenvalue weighted by atomic mass is 32.2. The number of carbonyl (C=O) groups excluding carboxylic acids is 1. The van der Waals surface area contributed by atoms with Crippen LogP contribution in [-0.4, -0.2) is 60.3 Å². The van der Waals surface area contributed by atoms with Gasteiger partial charge in [0.1, 0.15) is 5.69 Å². The second-order valence-electron chi connectivity index (χ2n) is 6.82. The molecule has 27 heavy (non-hydrogen) atoms. The van der Waals surface area contributed by atoms with Crippen LogP contribution in [0.5, 0.6) is 0 Å². The number of rotatable bonds is 5. The van der Waals surface area contributed by atoms with Gasteiger partial charge in [-0.15, -0.1) is 0 Å². The van der Waals surface area contributed by atoms with Gasteiger partial charge in [0.05, 0.1) is 23.9 Å². The summed E-state index contributed by atoms with van der Waals surface area (Å²) in [7, 11) is -1.43. The van der Waals surface area contributed by atoms with Crippen molar-refractivity contribution in [2.24, 2.45) is 0 Å². The van der Waals surface area contributed by atoms with Gasteiger partial charge in [-0.2, -0.15) is 0 Å². The number of sulfone groups is 1. The molecule has 1 aliphatic rings. The van der Waals surface area contributed by atoms with Crippen molar-refractivity contribution >= 4 is 27.2 Å². The molecule has 0 bridgehead atoms. The minimum absolute atomic E-state index is 0.0116. The average Bonchev–Trinajstić information content (AvgIpc) is 3.02. The predicted molar refractivity (Wildman–Crippen MR) is 105 cm³/mol. The van der Waals surface area contributed by atoms with E-state index in [1.165, 1.54) is 11.1 Å². The van der Waals surface area contributed by atoms with Crippen molar-refractivity contribution in [1.29, 1.82) is 0 Å². The van der Waals surface area contributed by atoms with Gasteiger partial charge in [-0.3, -0.25) is 4.79 Å². The lowest BCUT2D eigenvalue weighted by atomic mass is 10.2. The van der Waals surface area contributed by atoms with E-state index in [2.05, 4.69) is 16.0 Å². The number of anilines is 2. The Morgan fingerprint density at radius 1 is 1.26 bits per heavy atom. The van der Waals surface area contributed by atoms with E-state index >= 15 is 0 Å². The maximum Gasteiger partial charge on any atom is 0.274 e. The van der Waals surface area contributed by atoms with Gasteiger partial charge in [0.15, 0.2) is 15.7 Å². The first-order chi connectivity index (χ1) is 12.8. The van der Waals surface area contributed by atoms with Gasteiger partial charge >= 0.3 is 0 Å². The van der Waals surface area contributed by atoms with E-state index in [4.69, 9.17) is 0 Å². The molecule has 1 aromatic carbocycles. The number of nitrogens with zero attached hydrogens (tertiary/aromatic N) is 4. The molecule has 1 amide bonds. The van der Waals surface area contributed by atoms with Crippen molar-refractivity contribution < 1.29 is 13.2 Å². The maximum atomic E-state index is 12.6. The first-order valence-corrected chi connectivity index (χ1v) is 10.8. The fraction of sp³-hybridized carbons (Fsp3) is 0.421. The number of amides is 1. The summed E-state index contributed by atoms with van der Waals surface area (Å²) in [6, 6.07) is 7.79. The van der Waals surface area contributed by atoms with Crippen molar-refractivity contribution in [3.05, 3.63) is 47.9 Å². The number of benzene rings is 1. The fourth-order valence-electron chi connectivity index (χ4n) is 3.27. The Kier molecular flexibility index (Phi) is 5.46. The molecule has 2 aromatic rings. The molecule has 1 unspecified atom stereocenters. The van der Waals surface area contributed by atoms with Crippen LogP contribution < -0.4 is 4.90 Å². The summed E-state index contributed by atoms with van der Waals surface area (Å²) in [4.78, 5) is 24.8. The third-order valence-corrected chi connectivity index (χ3v) is 6.59. The summed E-state index contributed by atoms with van der Waals surface area (Å²) in [6.45, 7) is 4.77. The molecule has 0 radical (unpaired) electrons. The Labute approximate surface area is 160 Å². The van der Waals surface area contributed by atoms with Crippen LogP contribution in [0.15, 0.2) is 36.7 Å². The van der Waals surface area contributed by atoms with Crippen molar-refractivity contribution in [3.8, 4) is 0 Å². The Morgan fingerprint density at radius 3 is 2.59 bits per heavy atom. The topological polar surface area (TPSA) is 83.5 Å². The highest BCUT2D eigenvalue weighted by Gasteiger charge is 2.33. The molecule has 0 spiro atoms. The summed E-state index contributed by atoms with van der Waals surface area (Å²) in [6.07, 6.45) is 3.50. The first kappa shape index (κ1) is 19.3. The molecule has 0 saturated carbocycles. The number of hydrogen-bond donors (Lipinski definition) is 0. The second kappa shape index (κ2) is 7.64. The highest BCUT2D eigenvalue weighted by Crippen LogP contribution is 2.24. The summed E-state index contributed by atoms with van der Waals surface area (Å²) < 4.78 is 23.3. The number of aryl methyl sites for hydroxylation is 1. The lowest BCUT2D eigenvalue weighted by Crippen LogP contribution is -2.38. The normalized spacial score (nSPS) is 18.3. The molecule has 7 nitrogen and oxygen atoms in total. The zero-order chi connectivity index (χ0) is 19.6. The van der Waals surface area contributed by atoms with Crippen LogP contribution in [0, 0.1) is 6.92 Å². The zero-order valence-corrected chi connectivity index (χ0v) is 16.6. The Hall–Kier alpha value is -2.48. The molecular formula is C19H24N4O3S. The van der Waals surface area contributed by atoms with Crippen LogP contribution in [0.3, 0.4) is 0 Å². The minimum atomic E-state index is -3.05. The molecule has 1 aromatic heterocycles. The van der Waals surface area contributed by atoms with E-state index in [-0.39, 0.29) is 29.1 Å². The Morgan fingerprint density at radius 2 is 2.04 bits per heavy atom. The molecule has 0 N–H and O–H groups in total. The van der Waals surface area contributed by atoms with Crippen molar-refractivity contribution in [1.82, 2.24) is 14.9 Å². The third-order valence-electron chi connectivity index (χ3n) is 4.84. The molecule has 1 aliphatic heterocycles. The van der Waals surface area contributed by atoms with E-state index in [0.717, 1.165) is 11.3 Å². The highest BCUT2D eigenvalue weighted by molar-refractivity contribution is 7.91. The van der Waals surface area contributed by atoms with E-state index in [1.807, 2.05) is 36.9 Å². The van der Waals surface area contributed by atoms with Crippen LogP contribution in [0.1, 0.15) is 29.4 Å². The maximum absolute atomic E-state index is 12.6. The van der Waals surface area contributed by atoms with Gasteiger partial charge in [0, 0.05) is 25.3 Å². The van der Waals surface area contributed by atoms with Gasteiger partial charge < -0.3 is 9.80 Å². The van der Waals surface area contributed by atoms with Crippen LogP contribution in [-0.2, 0) is 9.84 Å². The standard InChI is InChI=1S/C19H24N4O3S/c1-4-23(15-7-5-6-14(2)10-15)18-12-20-17(11-21-18)19(24)22(3)16-8-9-27(25,26)13-16/h5-7,10-12,16H,4,8-9,13H2,1-3H3. The van der Waals surface area contributed by atoms with Crippen LogP contribution in [0.4, 0.5) is 11.5 Å². The van der Waals surface area contributed by atoms with Gasteiger partial charge in [0.25, 0.3) is 5.91 Å². The van der Waals surface area contributed by atoms with E-state index in [1.54, 1.807) is 13.2 Å². The molecule has 1 atom stereocenters. The van der Waals surface area contributed by atoms with Crippen molar-refractivity contribution in [3.63, 3.8) is 0 Å². The van der Waals surface area contributed by atoms with Gasteiger partial charge in [0.2, 0.25) is 0 Å². The number of aromatic nitrogens is 2. The SMILES string of the molecule is CCN(c1cccc(C)c1)c1cnc(C(=O)N(C)C2CCS(=O)(=O)C2)cn1. The summed E-state index contributed by atoms with van der Waals surface area (Å²) in [5, 5.41) is 0. The van der Waals surface area contributed by atoms with Crippen molar-refractivity contribution in [2.75, 3.05) is 30.0 Å². The van der Waals surface area contributed by atoms with E-state index in [9.17, 15) is 13.2 Å². The summed E-state index contributed by atoms with van der Waals surface area (Å²) >= 11 is 0. The second-order valence-corrected chi connectivity index (χ2v) is 9.04. The molecule has 0 aliphatic carbocycles. The average molecular weight is 388 g/mol. The fourth-order valence-corrected chi connectivity index (χ4v) is 5.05.